The second kappa shape index (κ2) is 6.82. The maximum atomic E-state index is 12.4. The van der Waals surface area contributed by atoms with Gasteiger partial charge in [0, 0.05) is 38.7 Å². The topological polar surface area (TPSA) is 94.1 Å². The zero-order valence-corrected chi connectivity index (χ0v) is 13.5. The normalized spacial score (nSPS) is 18.0. The van der Waals surface area contributed by atoms with Crippen LogP contribution < -0.4 is 14.2 Å². The molecular weight excluding hydrogens is 310 g/mol. The van der Waals surface area contributed by atoms with Gasteiger partial charge in [-0.2, -0.15) is 0 Å². The molecule has 0 bridgehead atoms. The second-order valence-corrected chi connectivity index (χ2v) is 6.91. The Kier molecular flexibility index (Phi) is 5.28. The molecule has 1 fully saturated rings. The van der Waals surface area contributed by atoms with Crippen LogP contribution in [0.5, 0.6) is 11.5 Å². The van der Waals surface area contributed by atoms with Crippen LogP contribution in [-0.4, -0.2) is 53.1 Å². The highest BCUT2D eigenvalue weighted by atomic mass is 32.2. The molecule has 0 unspecified atom stereocenters. The Balaban J connectivity index is 2.16. The molecule has 2 N–H and O–H groups in total. The van der Waals surface area contributed by atoms with Gasteiger partial charge in [-0.1, -0.05) is 0 Å². The molecular formula is C14H21NO6S. The van der Waals surface area contributed by atoms with Crippen molar-refractivity contribution in [2.75, 3.05) is 34.0 Å². The Morgan fingerprint density at radius 1 is 1.27 bits per heavy atom. The first-order valence-corrected chi connectivity index (χ1v) is 8.40. The summed E-state index contributed by atoms with van der Waals surface area (Å²) >= 11 is 0. The minimum atomic E-state index is -3.80. The fraction of sp³-hybridized carbons (Fsp3) is 0.571. The van der Waals surface area contributed by atoms with Crippen LogP contribution in [0, 0.1) is 0 Å². The average molecular weight is 331 g/mol. The van der Waals surface area contributed by atoms with Gasteiger partial charge in [0.1, 0.15) is 16.4 Å². The molecule has 1 heterocycles. The third kappa shape index (κ3) is 3.89. The molecule has 1 aromatic rings. The Bertz CT molecular complexity index is 610. The van der Waals surface area contributed by atoms with E-state index in [-0.39, 0.29) is 17.2 Å². The average Bonchev–Trinajstić information content (AvgIpc) is 2.53. The van der Waals surface area contributed by atoms with Crippen molar-refractivity contribution in [3.8, 4) is 11.5 Å². The molecule has 1 aliphatic heterocycles. The van der Waals surface area contributed by atoms with E-state index in [1.165, 1.54) is 26.4 Å². The summed E-state index contributed by atoms with van der Waals surface area (Å²) in [6.45, 7) is 0.780. The highest BCUT2D eigenvalue weighted by Crippen LogP contribution is 2.28. The van der Waals surface area contributed by atoms with Gasteiger partial charge in [0.25, 0.3) is 0 Å². The Labute approximate surface area is 130 Å². The van der Waals surface area contributed by atoms with Gasteiger partial charge in [-0.15, -0.1) is 0 Å². The van der Waals surface area contributed by atoms with Gasteiger partial charge in [0.2, 0.25) is 10.0 Å². The molecule has 1 aromatic carbocycles. The third-order valence-corrected chi connectivity index (χ3v) is 5.12. The molecule has 124 valence electrons. The van der Waals surface area contributed by atoms with Crippen LogP contribution in [0.3, 0.4) is 0 Å². The Morgan fingerprint density at radius 2 is 1.95 bits per heavy atom. The molecule has 1 aliphatic rings. The van der Waals surface area contributed by atoms with E-state index in [0.29, 0.717) is 31.8 Å². The minimum Gasteiger partial charge on any atom is -0.497 e. The summed E-state index contributed by atoms with van der Waals surface area (Å²) in [6, 6.07) is 4.45. The molecule has 7 nitrogen and oxygen atoms in total. The van der Waals surface area contributed by atoms with Crippen molar-refractivity contribution >= 4 is 10.0 Å². The lowest BCUT2D eigenvalue weighted by Crippen LogP contribution is -2.46. The quantitative estimate of drug-likeness (QED) is 0.789. The summed E-state index contributed by atoms with van der Waals surface area (Å²) in [5.74, 6) is 0.685. The molecule has 0 radical (unpaired) electrons. The molecule has 1 saturated heterocycles. The van der Waals surface area contributed by atoms with Crippen molar-refractivity contribution in [3.05, 3.63) is 18.2 Å². The van der Waals surface area contributed by atoms with Crippen molar-refractivity contribution in [2.45, 2.75) is 23.3 Å². The minimum absolute atomic E-state index is 0.00598. The van der Waals surface area contributed by atoms with Gasteiger partial charge in [0.15, 0.2) is 0 Å². The molecule has 0 aromatic heterocycles. The zero-order chi connectivity index (χ0) is 16.2. The second-order valence-electron chi connectivity index (χ2n) is 5.18. The van der Waals surface area contributed by atoms with E-state index in [1.54, 1.807) is 6.07 Å². The molecule has 0 saturated carbocycles. The number of sulfonamides is 1. The number of aliphatic hydroxyl groups is 1. The van der Waals surface area contributed by atoms with E-state index in [9.17, 15) is 13.5 Å². The molecule has 0 spiro atoms. The first-order chi connectivity index (χ1) is 10.4. The number of hydrogen-bond acceptors (Lipinski definition) is 6. The predicted molar refractivity (Wildman–Crippen MR) is 79.7 cm³/mol. The van der Waals surface area contributed by atoms with E-state index in [4.69, 9.17) is 14.2 Å². The van der Waals surface area contributed by atoms with E-state index in [2.05, 4.69) is 4.72 Å². The van der Waals surface area contributed by atoms with Gasteiger partial charge < -0.3 is 19.3 Å². The maximum Gasteiger partial charge on any atom is 0.244 e. The fourth-order valence-electron chi connectivity index (χ4n) is 2.23. The molecule has 2 rings (SSSR count). The molecule has 0 amide bonds. The number of hydrogen-bond donors (Lipinski definition) is 2. The lowest BCUT2D eigenvalue weighted by molar-refractivity contribution is -0.0588. The number of nitrogens with one attached hydrogen (secondary N) is 1. The molecule has 8 heteroatoms. The van der Waals surface area contributed by atoms with Gasteiger partial charge in [-0.3, -0.25) is 0 Å². The largest absolute Gasteiger partial charge is 0.497 e. The molecule has 0 aliphatic carbocycles. The van der Waals surface area contributed by atoms with E-state index < -0.39 is 15.6 Å². The lowest BCUT2D eigenvalue weighted by atomic mass is 9.95. The summed E-state index contributed by atoms with van der Waals surface area (Å²) in [7, 11) is -0.920. The molecule has 0 atom stereocenters. The van der Waals surface area contributed by atoms with E-state index >= 15 is 0 Å². The van der Waals surface area contributed by atoms with Crippen LogP contribution in [0.15, 0.2) is 23.1 Å². The zero-order valence-electron chi connectivity index (χ0n) is 12.7. The maximum absolute atomic E-state index is 12.4. The van der Waals surface area contributed by atoms with Crippen LogP contribution in [-0.2, 0) is 14.8 Å². The van der Waals surface area contributed by atoms with E-state index in [0.717, 1.165) is 0 Å². The summed E-state index contributed by atoms with van der Waals surface area (Å²) in [4.78, 5) is 0.00598. The lowest BCUT2D eigenvalue weighted by Gasteiger charge is -2.32. The monoisotopic (exact) mass is 331 g/mol. The SMILES string of the molecule is COc1ccc(S(=O)(=O)NCC2(O)CCOCC2)c(OC)c1. The number of ether oxygens (including phenoxy) is 3. The first-order valence-electron chi connectivity index (χ1n) is 6.92. The fourth-order valence-corrected chi connectivity index (χ4v) is 3.50. The van der Waals surface area contributed by atoms with Crippen LogP contribution in [0.25, 0.3) is 0 Å². The van der Waals surface area contributed by atoms with Crippen molar-refractivity contribution < 1.29 is 27.7 Å². The van der Waals surface area contributed by atoms with Crippen LogP contribution in [0.4, 0.5) is 0 Å². The first kappa shape index (κ1) is 17.0. The van der Waals surface area contributed by atoms with Crippen LogP contribution in [0.1, 0.15) is 12.8 Å². The van der Waals surface area contributed by atoms with Crippen LogP contribution >= 0.6 is 0 Å². The summed E-state index contributed by atoms with van der Waals surface area (Å²) in [5, 5.41) is 10.3. The summed E-state index contributed by atoms with van der Waals surface area (Å²) in [6.07, 6.45) is 0.796. The van der Waals surface area contributed by atoms with Gasteiger partial charge in [0.05, 0.1) is 19.8 Å². The van der Waals surface area contributed by atoms with Crippen molar-refractivity contribution in [1.29, 1.82) is 0 Å². The number of benzene rings is 1. The summed E-state index contributed by atoms with van der Waals surface area (Å²) < 4.78 is 42.6. The van der Waals surface area contributed by atoms with E-state index in [1.807, 2.05) is 0 Å². The number of methoxy groups -OCH3 is 2. The standard InChI is InChI=1S/C14H21NO6S/c1-19-11-3-4-13(12(9-11)20-2)22(17,18)15-10-14(16)5-7-21-8-6-14/h3-4,9,15-16H,5-8,10H2,1-2H3. The Morgan fingerprint density at radius 3 is 2.55 bits per heavy atom. The van der Waals surface area contributed by atoms with Gasteiger partial charge in [-0.05, 0) is 12.1 Å². The van der Waals surface area contributed by atoms with Crippen molar-refractivity contribution in [3.63, 3.8) is 0 Å². The van der Waals surface area contributed by atoms with Gasteiger partial charge >= 0.3 is 0 Å². The predicted octanol–water partition coefficient (Wildman–Crippen LogP) is 0.524. The van der Waals surface area contributed by atoms with Crippen molar-refractivity contribution in [1.82, 2.24) is 4.72 Å². The Hall–Kier alpha value is -1.35. The molecule has 22 heavy (non-hydrogen) atoms. The highest BCUT2D eigenvalue weighted by molar-refractivity contribution is 7.89. The van der Waals surface area contributed by atoms with Crippen molar-refractivity contribution in [2.24, 2.45) is 0 Å². The summed E-state index contributed by atoms with van der Waals surface area (Å²) in [5.41, 5.74) is -1.08. The smallest absolute Gasteiger partial charge is 0.244 e. The van der Waals surface area contributed by atoms with Gasteiger partial charge in [-0.25, -0.2) is 13.1 Å². The third-order valence-electron chi connectivity index (χ3n) is 3.68. The highest BCUT2D eigenvalue weighted by Gasteiger charge is 2.32. The number of rotatable bonds is 6. The van der Waals surface area contributed by atoms with Crippen LogP contribution in [0.2, 0.25) is 0 Å².